The molecule has 1 rings (SSSR count). The van der Waals surface area contributed by atoms with E-state index in [1.54, 1.807) is 0 Å². The first kappa shape index (κ1) is 11.1. The molecule has 0 saturated heterocycles. The fourth-order valence-corrected chi connectivity index (χ4v) is 1.48. The van der Waals surface area contributed by atoms with Gasteiger partial charge in [0.25, 0.3) is 0 Å². The number of halogens is 1. The van der Waals surface area contributed by atoms with Crippen molar-refractivity contribution in [2.75, 3.05) is 5.32 Å². The largest absolute Gasteiger partial charge is 0.361 e. The zero-order valence-corrected chi connectivity index (χ0v) is 9.65. The van der Waals surface area contributed by atoms with E-state index in [1.807, 2.05) is 26.1 Å². The molecule has 0 aliphatic heterocycles. The van der Waals surface area contributed by atoms with Gasteiger partial charge >= 0.3 is 0 Å². The Hall–Kier alpha value is -0.950. The second-order valence-corrected chi connectivity index (χ2v) is 3.72. The van der Waals surface area contributed by atoms with E-state index in [4.69, 9.17) is 11.6 Å². The average molecular weight is 210 g/mol. The molecule has 1 nitrogen and oxygen atoms in total. The van der Waals surface area contributed by atoms with Gasteiger partial charge in [0.2, 0.25) is 0 Å². The van der Waals surface area contributed by atoms with E-state index in [0.29, 0.717) is 0 Å². The number of hydrogen-bond acceptors (Lipinski definition) is 1. The van der Waals surface area contributed by atoms with Crippen LogP contribution < -0.4 is 5.32 Å². The van der Waals surface area contributed by atoms with Crippen LogP contribution in [0.5, 0.6) is 0 Å². The van der Waals surface area contributed by atoms with Gasteiger partial charge in [-0.25, -0.2) is 0 Å². The van der Waals surface area contributed by atoms with Gasteiger partial charge in [0.05, 0.1) is 10.7 Å². The quantitative estimate of drug-likeness (QED) is 0.783. The Kier molecular flexibility index (Phi) is 4.02. The number of hydrogen-bond donors (Lipinski definition) is 1. The maximum Gasteiger partial charge on any atom is 0.0672 e. The minimum atomic E-state index is 0.811. The summed E-state index contributed by atoms with van der Waals surface area (Å²) in [5, 5.41) is 4.02. The third-order valence-corrected chi connectivity index (χ3v) is 2.61. The van der Waals surface area contributed by atoms with E-state index in [0.717, 1.165) is 22.7 Å². The van der Waals surface area contributed by atoms with Crippen LogP contribution in [0.25, 0.3) is 0 Å². The monoisotopic (exact) mass is 209 g/mol. The standard InChI is InChI=1S/C12H16ClN/c1-4-5-8-14-12-10(3)7-6-9(2)11(12)13/h5-8,14H,4H2,1-3H3/b8-5+. The van der Waals surface area contributed by atoms with E-state index < -0.39 is 0 Å². The zero-order chi connectivity index (χ0) is 10.6. The molecule has 0 saturated carbocycles. The van der Waals surface area contributed by atoms with Crippen LogP contribution in [0.3, 0.4) is 0 Å². The van der Waals surface area contributed by atoms with Crippen molar-refractivity contribution in [1.29, 1.82) is 0 Å². The molecule has 1 N–H and O–H groups in total. The van der Waals surface area contributed by atoms with Crippen molar-refractivity contribution in [1.82, 2.24) is 0 Å². The van der Waals surface area contributed by atoms with E-state index in [-0.39, 0.29) is 0 Å². The van der Waals surface area contributed by atoms with Gasteiger partial charge in [0.1, 0.15) is 0 Å². The van der Waals surface area contributed by atoms with Gasteiger partial charge < -0.3 is 5.32 Å². The molecular weight excluding hydrogens is 194 g/mol. The first-order chi connectivity index (χ1) is 6.66. The summed E-state index contributed by atoms with van der Waals surface area (Å²) in [4.78, 5) is 0. The van der Waals surface area contributed by atoms with Crippen LogP contribution in [0.1, 0.15) is 24.5 Å². The molecule has 0 amide bonds. The van der Waals surface area contributed by atoms with E-state index in [9.17, 15) is 0 Å². The molecule has 0 fully saturated rings. The lowest BCUT2D eigenvalue weighted by molar-refractivity contribution is 1.22. The highest BCUT2D eigenvalue weighted by Crippen LogP contribution is 2.28. The maximum atomic E-state index is 6.18. The fourth-order valence-electron chi connectivity index (χ4n) is 1.21. The van der Waals surface area contributed by atoms with Crippen LogP contribution >= 0.6 is 11.6 Å². The highest BCUT2D eigenvalue weighted by Gasteiger charge is 2.04. The van der Waals surface area contributed by atoms with Gasteiger partial charge in [0.15, 0.2) is 0 Å². The Morgan fingerprint density at radius 3 is 2.57 bits per heavy atom. The van der Waals surface area contributed by atoms with E-state index in [1.165, 1.54) is 5.56 Å². The lowest BCUT2D eigenvalue weighted by atomic mass is 10.1. The predicted octanol–water partition coefficient (Wildman–Crippen LogP) is 4.29. The number of rotatable bonds is 3. The Balaban J connectivity index is 2.95. The zero-order valence-electron chi connectivity index (χ0n) is 8.89. The SMILES string of the molecule is CC/C=C/Nc1c(C)ccc(C)c1Cl. The Labute approximate surface area is 90.8 Å². The summed E-state index contributed by atoms with van der Waals surface area (Å²) < 4.78 is 0. The van der Waals surface area contributed by atoms with E-state index in [2.05, 4.69) is 24.4 Å². The molecule has 14 heavy (non-hydrogen) atoms. The van der Waals surface area contributed by atoms with Crippen LogP contribution in [0.2, 0.25) is 5.02 Å². The van der Waals surface area contributed by atoms with Crippen LogP contribution in [-0.2, 0) is 0 Å². The predicted molar refractivity (Wildman–Crippen MR) is 64.0 cm³/mol. The molecule has 0 unspecified atom stereocenters. The van der Waals surface area contributed by atoms with Gasteiger partial charge in [0, 0.05) is 0 Å². The van der Waals surface area contributed by atoms with Crippen molar-refractivity contribution < 1.29 is 0 Å². The first-order valence-corrected chi connectivity index (χ1v) is 5.21. The fraction of sp³-hybridized carbons (Fsp3) is 0.333. The molecule has 2 heteroatoms. The summed E-state index contributed by atoms with van der Waals surface area (Å²) in [5.41, 5.74) is 3.28. The molecule has 76 valence electrons. The Morgan fingerprint density at radius 2 is 1.93 bits per heavy atom. The van der Waals surface area contributed by atoms with Crippen molar-refractivity contribution >= 4 is 17.3 Å². The molecule has 0 bridgehead atoms. The van der Waals surface area contributed by atoms with Gasteiger partial charge in [-0.05, 0) is 37.6 Å². The van der Waals surface area contributed by atoms with Crippen molar-refractivity contribution in [3.63, 3.8) is 0 Å². The molecule has 0 spiro atoms. The Bertz CT molecular complexity index is 342. The van der Waals surface area contributed by atoms with Gasteiger partial charge in [-0.15, -0.1) is 0 Å². The number of allylic oxidation sites excluding steroid dienone is 1. The lowest BCUT2D eigenvalue weighted by Crippen LogP contribution is -1.93. The summed E-state index contributed by atoms with van der Waals surface area (Å²) in [6.07, 6.45) is 5.03. The number of anilines is 1. The topological polar surface area (TPSA) is 12.0 Å². The molecule has 1 aromatic carbocycles. The summed E-state index contributed by atoms with van der Waals surface area (Å²) in [5.74, 6) is 0. The van der Waals surface area contributed by atoms with Crippen molar-refractivity contribution in [2.45, 2.75) is 27.2 Å². The maximum absolute atomic E-state index is 6.18. The van der Waals surface area contributed by atoms with E-state index >= 15 is 0 Å². The molecule has 0 aromatic heterocycles. The Morgan fingerprint density at radius 1 is 1.29 bits per heavy atom. The first-order valence-electron chi connectivity index (χ1n) is 4.84. The number of nitrogens with one attached hydrogen (secondary N) is 1. The number of benzene rings is 1. The van der Waals surface area contributed by atoms with Gasteiger partial charge in [-0.1, -0.05) is 36.7 Å². The number of aryl methyl sites for hydroxylation is 2. The van der Waals surface area contributed by atoms with Crippen LogP contribution in [-0.4, -0.2) is 0 Å². The highest BCUT2D eigenvalue weighted by atomic mass is 35.5. The third kappa shape index (κ3) is 2.52. The third-order valence-electron chi connectivity index (χ3n) is 2.12. The van der Waals surface area contributed by atoms with Gasteiger partial charge in [-0.3, -0.25) is 0 Å². The van der Waals surface area contributed by atoms with Crippen LogP contribution in [0.4, 0.5) is 5.69 Å². The minimum absolute atomic E-state index is 0.811. The van der Waals surface area contributed by atoms with Crippen LogP contribution in [0, 0.1) is 13.8 Å². The smallest absolute Gasteiger partial charge is 0.0672 e. The summed E-state index contributed by atoms with van der Waals surface area (Å²) in [6.45, 7) is 6.16. The second-order valence-electron chi connectivity index (χ2n) is 3.34. The molecular formula is C12H16ClN. The van der Waals surface area contributed by atoms with Crippen LogP contribution in [0.15, 0.2) is 24.4 Å². The van der Waals surface area contributed by atoms with Crippen molar-refractivity contribution in [2.24, 2.45) is 0 Å². The molecule has 0 atom stereocenters. The molecule has 0 radical (unpaired) electrons. The average Bonchev–Trinajstić information content (AvgIpc) is 2.18. The summed E-state index contributed by atoms with van der Waals surface area (Å²) in [6, 6.07) is 4.11. The summed E-state index contributed by atoms with van der Waals surface area (Å²) in [7, 11) is 0. The summed E-state index contributed by atoms with van der Waals surface area (Å²) >= 11 is 6.18. The van der Waals surface area contributed by atoms with Gasteiger partial charge in [-0.2, -0.15) is 0 Å². The molecule has 0 aliphatic rings. The molecule has 0 heterocycles. The normalized spacial score (nSPS) is 10.9. The molecule has 0 aliphatic carbocycles. The highest BCUT2D eigenvalue weighted by molar-refractivity contribution is 6.34. The van der Waals surface area contributed by atoms with Crippen molar-refractivity contribution in [3.8, 4) is 0 Å². The lowest BCUT2D eigenvalue weighted by Gasteiger charge is -2.09. The van der Waals surface area contributed by atoms with Crippen molar-refractivity contribution in [3.05, 3.63) is 40.6 Å². The minimum Gasteiger partial charge on any atom is -0.361 e. The second kappa shape index (κ2) is 5.06. The molecule has 1 aromatic rings.